The number of carbonyl (C=O) groups is 1. The molecule has 4 heteroatoms. The summed E-state index contributed by atoms with van der Waals surface area (Å²) in [4.78, 5) is 10.2. The van der Waals surface area contributed by atoms with Crippen LogP contribution in [0.25, 0.3) is 0 Å². The van der Waals surface area contributed by atoms with Gasteiger partial charge in [-0.3, -0.25) is 4.79 Å². The van der Waals surface area contributed by atoms with Crippen molar-refractivity contribution in [2.45, 2.75) is 25.7 Å². The predicted octanol–water partition coefficient (Wildman–Crippen LogP) is 1.90. The number of phenolic OH excluding ortho intramolecular Hbond substituents is 2. The fourth-order valence-corrected chi connectivity index (χ4v) is 1.36. The molecule has 0 spiro atoms. The average molecular weight is 210 g/mol. The summed E-state index contributed by atoms with van der Waals surface area (Å²) in [5.41, 5.74) is 0.734. The fourth-order valence-electron chi connectivity index (χ4n) is 1.36. The van der Waals surface area contributed by atoms with Gasteiger partial charge in [-0.1, -0.05) is 6.07 Å². The number of carboxylic acids is 1. The highest BCUT2D eigenvalue weighted by Crippen LogP contribution is 2.23. The molecule has 0 bridgehead atoms. The second kappa shape index (κ2) is 5.24. The lowest BCUT2D eigenvalue weighted by atomic mass is 10.1. The molecule has 0 amide bonds. The fraction of sp³-hybridized carbons (Fsp3) is 0.364. The van der Waals surface area contributed by atoms with Gasteiger partial charge < -0.3 is 15.3 Å². The minimum atomic E-state index is -0.801. The van der Waals surface area contributed by atoms with Crippen molar-refractivity contribution in [3.8, 4) is 11.5 Å². The Bertz CT molecular complexity index is 346. The van der Waals surface area contributed by atoms with E-state index in [4.69, 9.17) is 10.2 Å². The van der Waals surface area contributed by atoms with Crippen LogP contribution in [0.1, 0.15) is 24.8 Å². The summed E-state index contributed by atoms with van der Waals surface area (Å²) in [5, 5.41) is 26.9. The van der Waals surface area contributed by atoms with E-state index in [1.165, 1.54) is 12.1 Å². The van der Waals surface area contributed by atoms with Gasteiger partial charge in [-0.05, 0) is 30.9 Å². The molecule has 0 saturated heterocycles. The first-order valence-electron chi connectivity index (χ1n) is 4.82. The third kappa shape index (κ3) is 3.89. The second-order valence-corrected chi connectivity index (χ2v) is 3.41. The summed E-state index contributed by atoms with van der Waals surface area (Å²) in [6.45, 7) is 0. The van der Waals surface area contributed by atoms with Crippen molar-refractivity contribution in [2.75, 3.05) is 0 Å². The van der Waals surface area contributed by atoms with Gasteiger partial charge in [-0.25, -0.2) is 0 Å². The van der Waals surface area contributed by atoms with Crippen LogP contribution in [0.4, 0.5) is 0 Å². The molecule has 0 aliphatic carbocycles. The summed E-state index contributed by atoms with van der Waals surface area (Å²) in [7, 11) is 0. The lowest BCUT2D eigenvalue weighted by molar-refractivity contribution is -0.137. The third-order valence-corrected chi connectivity index (χ3v) is 2.16. The Morgan fingerprint density at radius 1 is 1.20 bits per heavy atom. The number of rotatable bonds is 5. The Hall–Kier alpha value is -1.71. The normalized spacial score (nSPS) is 10.1. The molecule has 0 aromatic heterocycles. The van der Waals surface area contributed by atoms with E-state index in [1.54, 1.807) is 6.07 Å². The van der Waals surface area contributed by atoms with Gasteiger partial charge in [-0.15, -0.1) is 0 Å². The first-order valence-corrected chi connectivity index (χ1v) is 4.82. The number of hydrogen-bond donors (Lipinski definition) is 3. The van der Waals surface area contributed by atoms with E-state index in [0.29, 0.717) is 19.3 Å². The molecular weight excluding hydrogens is 196 g/mol. The first-order chi connectivity index (χ1) is 7.09. The number of hydrogen-bond acceptors (Lipinski definition) is 3. The minimum absolute atomic E-state index is 0.0294. The molecule has 0 atom stereocenters. The van der Waals surface area contributed by atoms with Gasteiger partial charge >= 0.3 is 5.97 Å². The number of unbranched alkanes of at least 4 members (excludes halogenated alkanes) is 1. The van der Waals surface area contributed by atoms with Crippen molar-refractivity contribution in [1.82, 2.24) is 0 Å². The monoisotopic (exact) mass is 210 g/mol. The van der Waals surface area contributed by atoms with Gasteiger partial charge in [0.25, 0.3) is 0 Å². The molecule has 0 aliphatic rings. The maximum absolute atomic E-state index is 10.2. The van der Waals surface area contributed by atoms with Gasteiger partial charge in [0.05, 0.1) is 0 Å². The predicted molar refractivity (Wildman–Crippen MR) is 55.0 cm³/mol. The van der Waals surface area contributed by atoms with Crippen LogP contribution in [0.2, 0.25) is 0 Å². The molecular formula is C11H14O4. The van der Waals surface area contributed by atoms with Crippen molar-refractivity contribution in [3.63, 3.8) is 0 Å². The number of aliphatic carboxylic acids is 1. The van der Waals surface area contributed by atoms with E-state index in [0.717, 1.165) is 5.56 Å². The van der Waals surface area contributed by atoms with E-state index in [1.807, 2.05) is 0 Å². The summed E-state index contributed by atoms with van der Waals surface area (Å²) < 4.78 is 0. The third-order valence-electron chi connectivity index (χ3n) is 2.16. The van der Waals surface area contributed by atoms with Crippen LogP contribution >= 0.6 is 0 Å². The Kier molecular flexibility index (Phi) is 3.97. The van der Waals surface area contributed by atoms with Crippen LogP contribution in [0.5, 0.6) is 11.5 Å². The van der Waals surface area contributed by atoms with Crippen LogP contribution in [-0.4, -0.2) is 21.3 Å². The van der Waals surface area contributed by atoms with Gasteiger partial charge in [0.15, 0.2) is 0 Å². The molecule has 0 radical (unpaired) electrons. The van der Waals surface area contributed by atoms with Gasteiger partial charge in [0.2, 0.25) is 0 Å². The topological polar surface area (TPSA) is 77.8 Å². The molecule has 0 heterocycles. The zero-order valence-electron chi connectivity index (χ0n) is 8.31. The molecule has 0 aliphatic heterocycles. The number of phenols is 2. The smallest absolute Gasteiger partial charge is 0.303 e. The van der Waals surface area contributed by atoms with Crippen LogP contribution in [0.3, 0.4) is 0 Å². The van der Waals surface area contributed by atoms with Crippen LogP contribution < -0.4 is 0 Å². The molecule has 0 unspecified atom stereocenters. The Morgan fingerprint density at radius 3 is 2.53 bits per heavy atom. The first kappa shape index (κ1) is 11.4. The Balaban J connectivity index is 2.40. The number of aromatic hydroxyl groups is 2. The lowest BCUT2D eigenvalue weighted by Gasteiger charge is -2.04. The molecule has 1 aromatic carbocycles. The molecule has 1 rings (SSSR count). The average Bonchev–Trinajstić information content (AvgIpc) is 2.14. The lowest BCUT2D eigenvalue weighted by Crippen LogP contribution is -1.95. The zero-order chi connectivity index (χ0) is 11.3. The van der Waals surface area contributed by atoms with Crippen molar-refractivity contribution < 1.29 is 20.1 Å². The van der Waals surface area contributed by atoms with Crippen molar-refractivity contribution in [1.29, 1.82) is 0 Å². The maximum atomic E-state index is 10.2. The molecule has 15 heavy (non-hydrogen) atoms. The molecule has 4 nitrogen and oxygen atoms in total. The van der Waals surface area contributed by atoms with Gasteiger partial charge in [0, 0.05) is 12.5 Å². The van der Waals surface area contributed by atoms with Gasteiger partial charge in [-0.2, -0.15) is 0 Å². The second-order valence-electron chi connectivity index (χ2n) is 3.41. The van der Waals surface area contributed by atoms with E-state index in [-0.39, 0.29) is 17.9 Å². The Morgan fingerprint density at radius 2 is 1.93 bits per heavy atom. The highest BCUT2D eigenvalue weighted by molar-refractivity contribution is 5.66. The van der Waals surface area contributed by atoms with Crippen molar-refractivity contribution in [3.05, 3.63) is 23.8 Å². The number of aryl methyl sites for hydroxylation is 1. The SMILES string of the molecule is O=C(O)CCCCc1ccc(O)cc1O. The van der Waals surface area contributed by atoms with Crippen molar-refractivity contribution >= 4 is 5.97 Å². The molecule has 1 aromatic rings. The summed E-state index contributed by atoms with van der Waals surface area (Å²) in [5.74, 6) is -0.711. The molecule has 3 N–H and O–H groups in total. The van der Waals surface area contributed by atoms with Crippen molar-refractivity contribution in [2.24, 2.45) is 0 Å². The quantitative estimate of drug-likeness (QED) is 0.648. The minimum Gasteiger partial charge on any atom is -0.508 e. The van der Waals surface area contributed by atoms with Crippen LogP contribution in [-0.2, 0) is 11.2 Å². The van der Waals surface area contributed by atoms with E-state index in [9.17, 15) is 9.90 Å². The summed E-state index contributed by atoms with van der Waals surface area (Å²) in [6, 6.07) is 4.43. The van der Waals surface area contributed by atoms with E-state index < -0.39 is 5.97 Å². The molecule has 82 valence electrons. The van der Waals surface area contributed by atoms with Crippen LogP contribution in [0, 0.1) is 0 Å². The Labute approximate surface area is 87.8 Å². The number of benzene rings is 1. The summed E-state index contributed by atoms with van der Waals surface area (Å²) in [6.07, 6.45) is 2.08. The number of carboxylic acid groups (broad SMARTS) is 1. The van der Waals surface area contributed by atoms with Crippen LogP contribution in [0.15, 0.2) is 18.2 Å². The molecule has 0 fully saturated rings. The zero-order valence-corrected chi connectivity index (χ0v) is 8.31. The van der Waals surface area contributed by atoms with E-state index in [2.05, 4.69) is 0 Å². The standard InChI is InChI=1S/C11H14O4/c12-9-6-5-8(10(13)7-9)3-1-2-4-11(14)15/h5-7,12-13H,1-4H2,(H,14,15). The highest BCUT2D eigenvalue weighted by Gasteiger charge is 2.03. The van der Waals surface area contributed by atoms with E-state index >= 15 is 0 Å². The maximum Gasteiger partial charge on any atom is 0.303 e. The van der Waals surface area contributed by atoms with Gasteiger partial charge in [0.1, 0.15) is 11.5 Å². The summed E-state index contributed by atoms with van der Waals surface area (Å²) >= 11 is 0. The highest BCUT2D eigenvalue weighted by atomic mass is 16.4. The largest absolute Gasteiger partial charge is 0.508 e. The molecule has 0 saturated carbocycles.